The van der Waals surface area contributed by atoms with Gasteiger partial charge >= 0.3 is 0 Å². The zero-order valence-corrected chi connectivity index (χ0v) is 13.3. The van der Waals surface area contributed by atoms with Gasteiger partial charge in [-0.05, 0) is 29.3 Å². The molecule has 1 N–H and O–H groups in total. The van der Waals surface area contributed by atoms with Crippen molar-refractivity contribution >= 4 is 18.2 Å². The van der Waals surface area contributed by atoms with Crippen LogP contribution in [0.5, 0.6) is 17.2 Å². The van der Waals surface area contributed by atoms with Crippen LogP contribution in [0.4, 0.5) is 0 Å². The lowest BCUT2D eigenvalue weighted by Gasteiger charge is -2.11. The molecule has 0 radical (unpaired) electrons. The summed E-state index contributed by atoms with van der Waals surface area (Å²) in [7, 11) is 3.03. The second-order valence-corrected chi connectivity index (χ2v) is 4.86. The number of phenols is 1. The van der Waals surface area contributed by atoms with Gasteiger partial charge in [-0.15, -0.1) is 0 Å². The minimum absolute atomic E-state index is 0.185. The molecule has 0 fully saturated rings. The van der Waals surface area contributed by atoms with Crippen LogP contribution in [0.25, 0.3) is 18.2 Å². The zero-order valence-electron chi connectivity index (χ0n) is 13.3. The Morgan fingerprint density at radius 1 is 1.04 bits per heavy atom. The fourth-order valence-corrected chi connectivity index (χ4v) is 2.13. The topological polar surface area (TPSA) is 81.8 Å². The Kier molecular flexibility index (Phi) is 5.57. The van der Waals surface area contributed by atoms with Gasteiger partial charge in [0, 0.05) is 17.7 Å². The summed E-state index contributed by atoms with van der Waals surface area (Å²) in [6, 6.07) is 10.1. The molecule has 2 aromatic rings. The molecule has 24 heavy (non-hydrogen) atoms. The Hall–Kier alpha value is -3.28. The molecule has 0 amide bonds. The Morgan fingerprint density at radius 3 is 2.33 bits per heavy atom. The van der Waals surface area contributed by atoms with Gasteiger partial charge in [0.2, 0.25) is 6.20 Å². The maximum Gasteiger partial charge on any atom is 0.235 e. The third-order valence-corrected chi connectivity index (χ3v) is 3.31. The molecule has 0 spiro atoms. The van der Waals surface area contributed by atoms with Gasteiger partial charge in [0.05, 0.1) is 19.1 Å². The molecule has 0 aliphatic rings. The summed E-state index contributed by atoms with van der Waals surface area (Å²) < 4.78 is 10.5. The predicted molar refractivity (Wildman–Crippen MR) is 92.6 cm³/mol. The Morgan fingerprint density at radius 2 is 1.75 bits per heavy atom. The molecule has 0 aliphatic carbocycles. The van der Waals surface area contributed by atoms with Crippen molar-refractivity contribution in [3.8, 4) is 17.2 Å². The van der Waals surface area contributed by atoms with Crippen LogP contribution < -0.4 is 9.47 Å². The molecule has 6 heteroatoms. The van der Waals surface area contributed by atoms with Crippen LogP contribution in [-0.2, 0) is 0 Å². The van der Waals surface area contributed by atoms with Crippen molar-refractivity contribution in [2.24, 2.45) is 0 Å². The predicted octanol–water partition coefficient (Wildman–Crippen LogP) is 3.83. The van der Waals surface area contributed by atoms with E-state index in [0.29, 0.717) is 22.6 Å². The highest BCUT2D eigenvalue weighted by Crippen LogP contribution is 2.31. The van der Waals surface area contributed by atoms with Gasteiger partial charge in [0.15, 0.2) is 0 Å². The third-order valence-electron chi connectivity index (χ3n) is 3.31. The fraction of sp³-hybridized carbons (Fsp3) is 0.111. The number of ether oxygens (including phenoxy) is 2. The van der Waals surface area contributed by atoms with Crippen LogP contribution in [0.1, 0.15) is 16.7 Å². The first kappa shape index (κ1) is 17.1. The first-order chi connectivity index (χ1) is 11.5. The SMILES string of the molecule is COc1cc(/C=C/c2ccc(O)cc2)c(/C=C/[N+](=O)[O-])c(OC)c1. The number of nitro groups is 1. The minimum atomic E-state index is -0.531. The Bertz CT molecular complexity index is 779. The first-order valence-electron chi connectivity index (χ1n) is 7.08. The van der Waals surface area contributed by atoms with Gasteiger partial charge in [-0.2, -0.15) is 0 Å². The van der Waals surface area contributed by atoms with E-state index in [1.807, 2.05) is 6.08 Å². The molecule has 0 heterocycles. The lowest BCUT2D eigenvalue weighted by molar-refractivity contribution is -0.400. The van der Waals surface area contributed by atoms with Crippen molar-refractivity contribution in [2.45, 2.75) is 0 Å². The summed E-state index contributed by atoms with van der Waals surface area (Å²) in [5.74, 6) is 1.23. The van der Waals surface area contributed by atoms with E-state index in [1.165, 1.54) is 20.3 Å². The van der Waals surface area contributed by atoms with E-state index in [9.17, 15) is 15.2 Å². The van der Waals surface area contributed by atoms with Gasteiger partial charge in [0.1, 0.15) is 17.2 Å². The maximum atomic E-state index is 10.6. The molecular formula is C18H17NO5. The molecule has 0 aliphatic heterocycles. The fourth-order valence-electron chi connectivity index (χ4n) is 2.13. The molecule has 2 rings (SSSR count). The quantitative estimate of drug-likeness (QED) is 0.495. The van der Waals surface area contributed by atoms with Crippen molar-refractivity contribution < 1.29 is 19.5 Å². The van der Waals surface area contributed by atoms with Crippen molar-refractivity contribution in [3.63, 3.8) is 0 Å². The van der Waals surface area contributed by atoms with E-state index in [-0.39, 0.29) is 5.75 Å². The summed E-state index contributed by atoms with van der Waals surface area (Å²) in [4.78, 5) is 10.1. The van der Waals surface area contributed by atoms with Gasteiger partial charge < -0.3 is 14.6 Å². The van der Waals surface area contributed by atoms with Crippen LogP contribution in [0.2, 0.25) is 0 Å². The van der Waals surface area contributed by atoms with Gasteiger partial charge in [-0.25, -0.2) is 0 Å². The molecule has 124 valence electrons. The van der Waals surface area contributed by atoms with Crippen molar-refractivity contribution in [1.29, 1.82) is 0 Å². The monoisotopic (exact) mass is 327 g/mol. The second-order valence-electron chi connectivity index (χ2n) is 4.86. The van der Waals surface area contributed by atoms with E-state index in [4.69, 9.17) is 9.47 Å². The van der Waals surface area contributed by atoms with Crippen LogP contribution in [-0.4, -0.2) is 24.2 Å². The number of benzene rings is 2. The van der Waals surface area contributed by atoms with E-state index >= 15 is 0 Å². The van der Waals surface area contributed by atoms with Crippen molar-refractivity contribution in [3.05, 3.63) is 69.4 Å². The lowest BCUT2D eigenvalue weighted by Crippen LogP contribution is -1.94. The number of methoxy groups -OCH3 is 2. The standard InChI is InChI=1S/C18H17NO5/c1-23-16-11-14(6-3-13-4-7-15(20)8-5-13)17(9-10-19(21)22)18(12-16)24-2/h3-12,20H,1-2H3/b6-3+,10-9+. The smallest absolute Gasteiger partial charge is 0.235 e. The largest absolute Gasteiger partial charge is 0.508 e. The van der Waals surface area contributed by atoms with E-state index in [2.05, 4.69) is 0 Å². The number of phenolic OH excluding ortho intramolecular Hbond substituents is 1. The highest BCUT2D eigenvalue weighted by Gasteiger charge is 2.09. The van der Waals surface area contributed by atoms with E-state index in [1.54, 1.807) is 42.5 Å². The molecule has 0 atom stereocenters. The summed E-state index contributed by atoms with van der Waals surface area (Å²) in [5.41, 5.74) is 2.15. The molecule has 0 saturated carbocycles. The molecular weight excluding hydrogens is 310 g/mol. The molecule has 2 aromatic carbocycles. The molecule has 0 bridgehead atoms. The zero-order chi connectivity index (χ0) is 17.5. The summed E-state index contributed by atoms with van der Waals surface area (Å²) in [6.45, 7) is 0. The van der Waals surface area contributed by atoms with Gasteiger partial charge in [-0.1, -0.05) is 24.3 Å². The lowest BCUT2D eigenvalue weighted by atomic mass is 10.0. The van der Waals surface area contributed by atoms with Crippen LogP contribution in [0, 0.1) is 10.1 Å². The molecule has 6 nitrogen and oxygen atoms in total. The highest BCUT2D eigenvalue weighted by atomic mass is 16.6. The molecule has 0 unspecified atom stereocenters. The number of hydrogen-bond donors (Lipinski definition) is 1. The van der Waals surface area contributed by atoms with Crippen LogP contribution in [0.15, 0.2) is 42.6 Å². The third kappa shape index (κ3) is 4.36. The minimum Gasteiger partial charge on any atom is -0.508 e. The molecule has 0 saturated heterocycles. The average Bonchev–Trinajstić information content (AvgIpc) is 2.59. The number of hydrogen-bond acceptors (Lipinski definition) is 5. The van der Waals surface area contributed by atoms with Gasteiger partial charge in [-0.3, -0.25) is 10.1 Å². The second kappa shape index (κ2) is 7.82. The molecule has 0 aromatic heterocycles. The Balaban J connectivity index is 2.48. The number of rotatable bonds is 6. The summed E-state index contributed by atoms with van der Waals surface area (Å²) in [6.07, 6.45) is 5.88. The number of nitrogens with zero attached hydrogens (tertiary/aromatic N) is 1. The van der Waals surface area contributed by atoms with Crippen molar-refractivity contribution in [2.75, 3.05) is 14.2 Å². The van der Waals surface area contributed by atoms with Gasteiger partial charge in [0.25, 0.3) is 0 Å². The van der Waals surface area contributed by atoms with E-state index < -0.39 is 4.92 Å². The average molecular weight is 327 g/mol. The first-order valence-corrected chi connectivity index (χ1v) is 7.08. The highest BCUT2D eigenvalue weighted by molar-refractivity contribution is 5.78. The van der Waals surface area contributed by atoms with Crippen molar-refractivity contribution in [1.82, 2.24) is 0 Å². The maximum absolute atomic E-state index is 10.6. The normalized spacial score (nSPS) is 11.1. The summed E-state index contributed by atoms with van der Waals surface area (Å²) >= 11 is 0. The Labute approximate surface area is 139 Å². The van der Waals surface area contributed by atoms with E-state index in [0.717, 1.165) is 11.8 Å². The van der Waals surface area contributed by atoms with Crippen LogP contribution in [0.3, 0.4) is 0 Å². The van der Waals surface area contributed by atoms with Crippen LogP contribution >= 0.6 is 0 Å². The summed E-state index contributed by atoms with van der Waals surface area (Å²) in [5, 5.41) is 19.9. The number of aromatic hydroxyl groups is 1.